The van der Waals surface area contributed by atoms with Crippen molar-refractivity contribution in [3.63, 3.8) is 0 Å². The highest BCUT2D eigenvalue weighted by Gasteiger charge is 2.23. The number of benzene rings is 2. The molecule has 1 amide bonds. The Morgan fingerprint density at radius 2 is 1.48 bits per heavy atom. The maximum Gasteiger partial charge on any atom is 0.243 e. The second-order valence-electron chi connectivity index (χ2n) is 6.99. The van der Waals surface area contributed by atoms with Gasteiger partial charge in [0.1, 0.15) is 0 Å². The summed E-state index contributed by atoms with van der Waals surface area (Å²) in [7, 11) is -3.54. The van der Waals surface area contributed by atoms with E-state index in [1.165, 1.54) is 0 Å². The molecule has 0 fully saturated rings. The van der Waals surface area contributed by atoms with E-state index in [9.17, 15) is 13.2 Å². The third kappa shape index (κ3) is 7.14. The fourth-order valence-corrected chi connectivity index (χ4v) is 4.52. The lowest BCUT2D eigenvalue weighted by Gasteiger charge is -2.22. The lowest BCUT2D eigenvalue weighted by molar-refractivity contribution is -0.115. The molecule has 0 radical (unpaired) electrons. The summed E-state index contributed by atoms with van der Waals surface area (Å²) in [4.78, 5) is 12.5. The molecule has 1 N–H and O–H groups in total. The van der Waals surface area contributed by atoms with Crippen LogP contribution in [0.4, 0.5) is 5.69 Å². The van der Waals surface area contributed by atoms with Gasteiger partial charge in [-0.25, -0.2) is 8.42 Å². The normalized spacial score (nSPS) is 11.6. The van der Waals surface area contributed by atoms with E-state index in [0.29, 0.717) is 23.8 Å². The highest BCUT2D eigenvalue weighted by molar-refractivity contribution is 7.89. The summed E-state index contributed by atoms with van der Waals surface area (Å²) in [5.41, 5.74) is 1.42. The van der Waals surface area contributed by atoms with Crippen molar-refractivity contribution < 1.29 is 13.2 Å². The van der Waals surface area contributed by atoms with Crippen LogP contribution in [0.2, 0.25) is 5.02 Å². The van der Waals surface area contributed by atoms with Crippen LogP contribution in [-0.2, 0) is 21.2 Å². The third-order valence-corrected chi connectivity index (χ3v) is 6.74. The van der Waals surface area contributed by atoms with Crippen molar-refractivity contribution >= 4 is 33.2 Å². The van der Waals surface area contributed by atoms with Crippen molar-refractivity contribution in [2.75, 3.05) is 18.4 Å². The van der Waals surface area contributed by atoms with Gasteiger partial charge in [-0.05, 0) is 54.8 Å². The minimum absolute atomic E-state index is 0.171. The third-order valence-electron chi connectivity index (χ3n) is 4.58. The SMILES string of the molecule is CCCCN(CCCC)S(=O)(=O)c1ccc(NC(=O)Cc2ccc(Cl)cc2)cc1. The minimum atomic E-state index is -3.54. The molecule has 2 aromatic rings. The first kappa shape index (κ1) is 23.4. The molecule has 0 saturated heterocycles. The summed E-state index contributed by atoms with van der Waals surface area (Å²) in [6, 6.07) is 13.5. The molecule has 0 atom stereocenters. The first-order valence-corrected chi connectivity index (χ1v) is 11.8. The molecule has 0 aliphatic carbocycles. The summed E-state index contributed by atoms with van der Waals surface area (Å²) < 4.78 is 27.5. The van der Waals surface area contributed by atoms with E-state index in [-0.39, 0.29) is 17.2 Å². The molecule has 29 heavy (non-hydrogen) atoms. The Morgan fingerprint density at radius 1 is 0.931 bits per heavy atom. The molecule has 5 nitrogen and oxygen atoms in total. The number of amides is 1. The number of halogens is 1. The van der Waals surface area contributed by atoms with Gasteiger partial charge in [-0.3, -0.25) is 4.79 Å². The quantitative estimate of drug-likeness (QED) is 0.532. The summed E-state index contributed by atoms with van der Waals surface area (Å²) in [6.45, 7) is 5.15. The van der Waals surface area contributed by atoms with E-state index in [0.717, 1.165) is 31.2 Å². The first-order chi connectivity index (χ1) is 13.9. The van der Waals surface area contributed by atoms with Crippen molar-refractivity contribution in [1.82, 2.24) is 4.31 Å². The predicted molar refractivity (Wildman–Crippen MR) is 119 cm³/mol. The van der Waals surface area contributed by atoms with Gasteiger partial charge in [0, 0.05) is 23.8 Å². The largest absolute Gasteiger partial charge is 0.326 e. The number of rotatable bonds is 11. The molecule has 2 rings (SSSR count). The van der Waals surface area contributed by atoms with Crippen molar-refractivity contribution in [3.05, 3.63) is 59.1 Å². The van der Waals surface area contributed by atoms with E-state index in [4.69, 9.17) is 11.6 Å². The number of nitrogens with zero attached hydrogens (tertiary/aromatic N) is 1. The fraction of sp³-hybridized carbons (Fsp3) is 0.409. The Labute approximate surface area is 179 Å². The minimum Gasteiger partial charge on any atom is -0.326 e. The number of carbonyl (C=O) groups is 1. The van der Waals surface area contributed by atoms with E-state index in [1.807, 2.05) is 13.8 Å². The predicted octanol–water partition coefficient (Wildman–Crippen LogP) is 5.11. The van der Waals surface area contributed by atoms with Gasteiger partial charge in [0.2, 0.25) is 15.9 Å². The average Bonchev–Trinajstić information content (AvgIpc) is 2.70. The van der Waals surface area contributed by atoms with Crippen LogP contribution in [0.5, 0.6) is 0 Å². The molecule has 0 bridgehead atoms. The maximum atomic E-state index is 13.0. The lowest BCUT2D eigenvalue weighted by Crippen LogP contribution is -2.33. The molecule has 0 heterocycles. The van der Waals surface area contributed by atoms with Crippen LogP contribution in [0, 0.1) is 0 Å². The summed E-state index contributed by atoms with van der Waals surface area (Å²) in [5, 5.41) is 3.42. The van der Waals surface area contributed by atoms with Gasteiger partial charge in [0.15, 0.2) is 0 Å². The molecule has 2 aromatic carbocycles. The number of hydrogen-bond donors (Lipinski definition) is 1. The molecule has 0 spiro atoms. The highest BCUT2D eigenvalue weighted by Crippen LogP contribution is 2.20. The molecule has 0 unspecified atom stereocenters. The molecule has 0 aliphatic rings. The molecule has 0 aliphatic heterocycles. The zero-order valence-corrected chi connectivity index (χ0v) is 18.6. The van der Waals surface area contributed by atoms with Crippen LogP contribution in [0.25, 0.3) is 0 Å². The van der Waals surface area contributed by atoms with E-state index in [2.05, 4.69) is 5.32 Å². The smallest absolute Gasteiger partial charge is 0.243 e. The Hall–Kier alpha value is -1.89. The number of unbranched alkanes of at least 4 members (excludes halogenated alkanes) is 2. The Kier molecular flexibility index (Phi) is 9.14. The van der Waals surface area contributed by atoms with Crippen LogP contribution in [0.1, 0.15) is 45.1 Å². The number of nitrogens with one attached hydrogen (secondary N) is 1. The second-order valence-corrected chi connectivity index (χ2v) is 9.36. The summed E-state index contributed by atoms with van der Waals surface area (Å²) in [5.74, 6) is -0.171. The molecule has 158 valence electrons. The Balaban J connectivity index is 2.05. The molecule has 0 saturated carbocycles. The van der Waals surface area contributed by atoms with E-state index < -0.39 is 10.0 Å². The molecular weight excluding hydrogens is 408 g/mol. The standard InChI is InChI=1S/C22H29ClN2O3S/c1-3-5-15-25(16-6-4-2)29(27,28)21-13-11-20(12-14-21)24-22(26)17-18-7-9-19(23)10-8-18/h7-14H,3-6,15-17H2,1-2H3,(H,24,26). The van der Waals surface area contributed by atoms with Crippen molar-refractivity contribution in [2.24, 2.45) is 0 Å². The van der Waals surface area contributed by atoms with Gasteiger partial charge in [-0.1, -0.05) is 50.4 Å². The van der Waals surface area contributed by atoms with Crippen molar-refractivity contribution in [2.45, 2.75) is 50.8 Å². The summed E-state index contributed by atoms with van der Waals surface area (Å²) >= 11 is 5.85. The monoisotopic (exact) mass is 436 g/mol. The van der Waals surface area contributed by atoms with Crippen LogP contribution >= 0.6 is 11.6 Å². The van der Waals surface area contributed by atoms with Crippen LogP contribution in [-0.4, -0.2) is 31.7 Å². The zero-order chi connectivity index (χ0) is 21.3. The van der Waals surface area contributed by atoms with Gasteiger partial charge in [-0.15, -0.1) is 0 Å². The summed E-state index contributed by atoms with van der Waals surface area (Å²) in [6.07, 6.45) is 3.77. The zero-order valence-electron chi connectivity index (χ0n) is 17.0. The topological polar surface area (TPSA) is 66.5 Å². The fourth-order valence-electron chi connectivity index (χ4n) is 2.87. The number of anilines is 1. The van der Waals surface area contributed by atoms with Gasteiger partial charge in [0.25, 0.3) is 0 Å². The second kappa shape index (κ2) is 11.3. The van der Waals surface area contributed by atoms with Crippen molar-refractivity contribution in [1.29, 1.82) is 0 Å². The van der Waals surface area contributed by atoms with Gasteiger partial charge in [-0.2, -0.15) is 4.31 Å². The van der Waals surface area contributed by atoms with Gasteiger partial charge < -0.3 is 5.32 Å². The molecule has 0 aromatic heterocycles. The van der Waals surface area contributed by atoms with Crippen LogP contribution in [0.15, 0.2) is 53.4 Å². The number of sulfonamides is 1. The van der Waals surface area contributed by atoms with Crippen molar-refractivity contribution in [3.8, 4) is 0 Å². The lowest BCUT2D eigenvalue weighted by atomic mass is 10.1. The molecular formula is C22H29ClN2O3S. The number of carbonyl (C=O) groups excluding carboxylic acids is 1. The Morgan fingerprint density at radius 3 is 2.00 bits per heavy atom. The van der Waals surface area contributed by atoms with E-state index in [1.54, 1.807) is 52.8 Å². The van der Waals surface area contributed by atoms with Gasteiger partial charge >= 0.3 is 0 Å². The van der Waals surface area contributed by atoms with Crippen LogP contribution < -0.4 is 5.32 Å². The van der Waals surface area contributed by atoms with Crippen LogP contribution in [0.3, 0.4) is 0 Å². The average molecular weight is 437 g/mol. The van der Waals surface area contributed by atoms with Gasteiger partial charge in [0.05, 0.1) is 11.3 Å². The van der Waals surface area contributed by atoms with E-state index >= 15 is 0 Å². The first-order valence-electron chi connectivity index (χ1n) is 10.0. The maximum absolute atomic E-state index is 13.0. The number of hydrogen-bond acceptors (Lipinski definition) is 3. The molecule has 7 heteroatoms. The Bertz CT molecular complexity index is 873. The highest BCUT2D eigenvalue weighted by atomic mass is 35.5.